The molecule has 2 heterocycles. The number of pyridine rings is 1. The van der Waals surface area contributed by atoms with Crippen molar-refractivity contribution in [2.24, 2.45) is 17.8 Å². The summed E-state index contributed by atoms with van der Waals surface area (Å²) in [4.78, 5) is 30.1. The minimum absolute atomic E-state index is 0.0653. The first kappa shape index (κ1) is 17.3. The Bertz CT molecular complexity index is 644. The average molecular weight is 348 g/mol. The summed E-state index contributed by atoms with van der Waals surface area (Å²) in [5.74, 6) is 1.46. The van der Waals surface area contributed by atoms with Crippen molar-refractivity contribution in [1.82, 2.24) is 15.3 Å². The van der Waals surface area contributed by atoms with E-state index >= 15 is 0 Å². The van der Waals surface area contributed by atoms with Crippen LogP contribution in [0.4, 0.5) is 10.6 Å². The third-order valence-corrected chi connectivity index (χ3v) is 4.43. The van der Waals surface area contributed by atoms with Gasteiger partial charge in [0.1, 0.15) is 17.2 Å². The summed E-state index contributed by atoms with van der Waals surface area (Å²) in [7, 11) is 1.57. The highest BCUT2D eigenvalue weighted by atomic mass is 16.6. The van der Waals surface area contributed by atoms with Crippen molar-refractivity contribution >= 4 is 17.8 Å². The van der Waals surface area contributed by atoms with Crippen LogP contribution in [-0.4, -0.2) is 47.7 Å². The Hall–Kier alpha value is -2.51. The minimum Gasteiger partial charge on any atom is -0.495 e. The molecule has 0 aromatic carbocycles. The first-order chi connectivity index (χ1) is 11.8. The van der Waals surface area contributed by atoms with Crippen molar-refractivity contribution < 1.29 is 19.1 Å². The molecule has 2 fully saturated rings. The van der Waals surface area contributed by atoms with Crippen molar-refractivity contribution in [2.75, 3.05) is 25.6 Å². The third-order valence-electron chi connectivity index (χ3n) is 4.43. The van der Waals surface area contributed by atoms with Crippen LogP contribution in [0.15, 0.2) is 18.3 Å². The molecular weight excluding hydrogens is 324 g/mol. The standard InChI is InChI=1S/C17H24N4O4/c1-17(2,3)25-16(23)21-8-11-12(9-21)14(11)15(22)20-19-13-6-5-10(24-4)7-18-13/h5-7,11-12,14H,8-9H2,1-4H3,(H,18,19)(H,20,22)/t11-,12+,14?. The number of piperidine rings is 1. The molecule has 2 aliphatic rings. The highest BCUT2D eigenvalue weighted by molar-refractivity contribution is 5.84. The van der Waals surface area contributed by atoms with Gasteiger partial charge in [-0.3, -0.25) is 15.6 Å². The van der Waals surface area contributed by atoms with Crippen LogP contribution >= 0.6 is 0 Å². The molecule has 3 atom stereocenters. The fourth-order valence-corrected chi connectivity index (χ4v) is 3.17. The molecular formula is C17H24N4O4. The second-order valence-corrected chi connectivity index (χ2v) is 7.44. The summed E-state index contributed by atoms with van der Waals surface area (Å²) in [5.41, 5.74) is 4.98. The number of amides is 2. The van der Waals surface area contributed by atoms with Gasteiger partial charge in [-0.25, -0.2) is 9.78 Å². The highest BCUT2D eigenvalue weighted by Gasteiger charge is 2.60. The van der Waals surface area contributed by atoms with Crippen molar-refractivity contribution in [3.05, 3.63) is 18.3 Å². The van der Waals surface area contributed by atoms with Crippen molar-refractivity contribution in [1.29, 1.82) is 0 Å². The van der Waals surface area contributed by atoms with Gasteiger partial charge >= 0.3 is 6.09 Å². The number of anilines is 1. The summed E-state index contributed by atoms with van der Waals surface area (Å²) in [6.07, 6.45) is 1.26. The molecule has 25 heavy (non-hydrogen) atoms. The Morgan fingerprint density at radius 1 is 1.24 bits per heavy atom. The number of methoxy groups -OCH3 is 1. The molecule has 0 bridgehead atoms. The summed E-state index contributed by atoms with van der Waals surface area (Å²) >= 11 is 0. The van der Waals surface area contributed by atoms with Crippen molar-refractivity contribution in [3.8, 4) is 5.75 Å². The van der Waals surface area contributed by atoms with Gasteiger partial charge in [-0.05, 0) is 44.7 Å². The van der Waals surface area contributed by atoms with Crippen LogP contribution in [0, 0.1) is 17.8 Å². The van der Waals surface area contributed by atoms with Crippen LogP contribution in [0.5, 0.6) is 5.75 Å². The maximum Gasteiger partial charge on any atom is 0.410 e. The number of rotatable bonds is 4. The van der Waals surface area contributed by atoms with Crippen LogP contribution in [0.1, 0.15) is 20.8 Å². The number of aromatic nitrogens is 1. The lowest BCUT2D eigenvalue weighted by molar-refractivity contribution is -0.122. The molecule has 2 amide bonds. The lowest BCUT2D eigenvalue weighted by Crippen LogP contribution is -2.39. The molecule has 8 nitrogen and oxygen atoms in total. The van der Waals surface area contributed by atoms with E-state index in [-0.39, 0.29) is 29.8 Å². The number of nitrogens with one attached hydrogen (secondary N) is 2. The van der Waals surface area contributed by atoms with E-state index in [2.05, 4.69) is 15.8 Å². The number of hydrogen-bond acceptors (Lipinski definition) is 6. The Balaban J connectivity index is 1.44. The predicted molar refractivity (Wildman–Crippen MR) is 90.8 cm³/mol. The molecule has 1 aromatic rings. The topological polar surface area (TPSA) is 92.8 Å². The fourth-order valence-electron chi connectivity index (χ4n) is 3.17. The third kappa shape index (κ3) is 3.94. The Labute approximate surface area is 146 Å². The lowest BCUT2D eigenvalue weighted by atomic mass is 10.2. The van der Waals surface area contributed by atoms with E-state index in [1.165, 1.54) is 0 Å². The SMILES string of the molecule is COc1ccc(NNC(=O)C2[C@H]3CN(C(=O)OC(C)(C)C)C[C@@H]23)nc1. The second kappa shape index (κ2) is 6.42. The number of hydrogen-bond donors (Lipinski definition) is 2. The van der Waals surface area contributed by atoms with E-state index in [0.717, 1.165) is 0 Å². The van der Waals surface area contributed by atoms with Crippen LogP contribution in [0.25, 0.3) is 0 Å². The van der Waals surface area contributed by atoms with Gasteiger partial charge in [-0.15, -0.1) is 0 Å². The maximum absolute atomic E-state index is 12.3. The van der Waals surface area contributed by atoms with E-state index in [9.17, 15) is 9.59 Å². The molecule has 3 rings (SSSR count). The zero-order chi connectivity index (χ0) is 18.2. The average Bonchev–Trinajstić information content (AvgIpc) is 3.05. The summed E-state index contributed by atoms with van der Waals surface area (Å²) in [6.45, 7) is 6.67. The van der Waals surface area contributed by atoms with Gasteiger partial charge in [-0.2, -0.15) is 0 Å². The van der Waals surface area contributed by atoms with Gasteiger partial charge in [0.2, 0.25) is 5.91 Å². The van der Waals surface area contributed by atoms with E-state index < -0.39 is 5.60 Å². The van der Waals surface area contributed by atoms with Crippen molar-refractivity contribution in [2.45, 2.75) is 26.4 Å². The molecule has 1 aromatic heterocycles. The minimum atomic E-state index is -0.504. The van der Waals surface area contributed by atoms with Gasteiger partial charge in [-0.1, -0.05) is 0 Å². The number of nitrogens with zero attached hydrogens (tertiary/aromatic N) is 2. The predicted octanol–water partition coefficient (Wildman–Crippen LogP) is 1.65. The van der Waals surface area contributed by atoms with Gasteiger partial charge in [0.25, 0.3) is 0 Å². The fraction of sp³-hybridized carbons (Fsp3) is 0.588. The molecule has 136 valence electrons. The van der Waals surface area contributed by atoms with Gasteiger partial charge in [0.15, 0.2) is 0 Å². The number of ether oxygens (including phenoxy) is 2. The first-order valence-electron chi connectivity index (χ1n) is 8.32. The molecule has 1 saturated heterocycles. The highest BCUT2D eigenvalue weighted by Crippen LogP contribution is 2.51. The number of hydrazine groups is 1. The lowest BCUT2D eigenvalue weighted by Gasteiger charge is -2.25. The monoisotopic (exact) mass is 348 g/mol. The number of carbonyl (C=O) groups is 2. The molecule has 1 unspecified atom stereocenters. The van der Waals surface area contributed by atoms with Crippen LogP contribution in [0.2, 0.25) is 0 Å². The van der Waals surface area contributed by atoms with Crippen LogP contribution < -0.4 is 15.6 Å². The van der Waals surface area contributed by atoms with E-state index in [1.807, 2.05) is 20.8 Å². The van der Waals surface area contributed by atoms with Crippen LogP contribution in [-0.2, 0) is 9.53 Å². The van der Waals surface area contributed by atoms with Crippen molar-refractivity contribution in [3.63, 3.8) is 0 Å². The van der Waals surface area contributed by atoms with E-state index in [4.69, 9.17) is 9.47 Å². The van der Waals surface area contributed by atoms with Gasteiger partial charge in [0.05, 0.1) is 13.3 Å². The number of carbonyl (C=O) groups excluding carboxylic acids is 2. The Kier molecular flexibility index (Phi) is 4.45. The van der Waals surface area contributed by atoms with Gasteiger partial charge in [0, 0.05) is 19.0 Å². The summed E-state index contributed by atoms with van der Waals surface area (Å²) in [5, 5.41) is 0. The Morgan fingerprint density at radius 2 is 1.92 bits per heavy atom. The quantitative estimate of drug-likeness (QED) is 0.804. The molecule has 2 N–H and O–H groups in total. The maximum atomic E-state index is 12.3. The smallest absolute Gasteiger partial charge is 0.410 e. The zero-order valence-electron chi connectivity index (χ0n) is 14.9. The zero-order valence-corrected chi connectivity index (χ0v) is 14.9. The summed E-state index contributed by atoms with van der Waals surface area (Å²) in [6, 6.07) is 3.48. The normalized spacial score (nSPS) is 24.3. The van der Waals surface area contributed by atoms with Crippen LogP contribution in [0.3, 0.4) is 0 Å². The molecule has 1 saturated carbocycles. The summed E-state index contributed by atoms with van der Waals surface area (Å²) < 4.78 is 10.4. The molecule has 0 spiro atoms. The van der Waals surface area contributed by atoms with E-state index in [0.29, 0.717) is 24.7 Å². The molecule has 1 aliphatic carbocycles. The number of likely N-dealkylation sites (tertiary alicyclic amines) is 1. The molecule has 8 heteroatoms. The number of fused-ring (bicyclic) bond motifs is 1. The van der Waals surface area contributed by atoms with E-state index in [1.54, 1.807) is 30.3 Å². The largest absolute Gasteiger partial charge is 0.495 e. The first-order valence-corrected chi connectivity index (χ1v) is 8.32. The van der Waals surface area contributed by atoms with Gasteiger partial charge < -0.3 is 14.4 Å². The Morgan fingerprint density at radius 3 is 2.44 bits per heavy atom. The molecule has 0 radical (unpaired) electrons. The second-order valence-electron chi connectivity index (χ2n) is 7.44. The molecule has 1 aliphatic heterocycles.